The van der Waals surface area contributed by atoms with Gasteiger partial charge in [-0.05, 0) is 55.2 Å². The Hall–Kier alpha value is -2.86. The lowest BCUT2D eigenvalue weighted by Crippen LogP contribution is -2.38. The van der Waals surface area contributed by atoms with Crippen LogP contribution in [0.5, 0.6) is 5.75 Å². The third-order valence-electron chi connectivity index (χ3n) is 6.98. The Kier molecular flexibility index (Phi) is 8.75. The Labute approximate surface area is 229 Å². The lowest BCUT2D eigenvalue weighted by atomic mass is 9.95. The topological polar surface area (TPSA) is 93.4 Å². The van der Waals surface area contributed by atoms with E-state index in [2.05, 4.69) is 4.99 Å². The Morgan fingerprint density at radius 2 is 1.90 bits per heavy atom. The van der Waals surface area contributed by atoms with Gasteiger partial charge in [-0.1, -0.05) is 20.8 Å². The van der Waals surface area contributed by atoms with Crippen LogP contribution >= 0.6 is 11.3 Å². The molecule has 1 aromatic carbocycles. The molecular formula is C27H34F3N3O5S. The first-order valence-electron chi connectivity index (χ1n) is 13.0. The molecule has 39 heavy (non-hydrogen) atoms. The van der Waals surface area contributed by atoms with E-state index in [1.165, 1.54) is 16.2 Å². The molecule has 2 aliphatic heterocycles. The fourth-order valence-electron chi connectivity index (χ4n) is 4.60. The van der Waals surface area contributed by atoms with E-state index in [9.17, 15) is 22.8 Å². The summed E-state index contributed by atoms with van der Waals surface area (Å²) in [5.41, 5.74) is -1.43. The third kappa shape index (κ3) is 7.42. The van der Waals surface area contributed by atoms with Crippen molar-refractivity contribution >= 4 is 23.3 Å². The van der Waals surface area contributed by atoms with Crippen LogP contribution in [0.15, 0.2) is 29.4 Å². The van der Waals surface area contributed by atoms with Gasteiger partial charge in [-0.25, -0.2) is 4.79 Å². The van der Waals surface area contributed by atoms with E-state index in [1.54, 1.807) is 0 Å². The number of carbonyl (C=O) groups is 2. The molecule has 1 atom stereocenters. The molecule has 2 aromatic rings. The number of hydrogen-bond donors (Lipinski definition) is 1. The highest BCUT2D eigenvalue weighted by atomic mass is 32.1. The number of carbonyl (C=O) groups excluding carboxylic acids is 1. The molecule has 1 N–H and O–H groups in total. The molecule has 4 rings (SSSR count). The normalized spacial score (nSPS) is 19.5. The lowest BCUT2D eigenvalue weighted by Gasteiger charge is -2.29. The molecule has 3 heterocycles. The standard InChI is InChI=1S/C27H34F3N3O5S/c1-26(2,3)22-15-33(14-19-5-4-12-37-19)24(39-22)31-23(34)20-13-18(27(28,29)30)6-7-21(20)38-16-17-8-10-32(11-9-17)25(35)36/h6-7,13,15,17,19H,4-5,8-12,14,16H2,1-3H3,(H,35,36)/b31-24-/t19-/m1/s1. The van der Waals surface area contributed by atoms with Crippen LogP contribution in [-0.2, 0) is 22.9 Å². The van der Waals surface area contributed by atoms with Gasteiger partial charge in [0.15, 0.2) is 4.80 Å². The number of halogens is 3. The predicted molar refractivity (Wildman–Crippen MR) is 139 cm³/mol. The first-order chi connectivity index (χ1) is 18.3. The zero-order valence-corrected chi connectivity index (χ0v) is 23.1. The number of carboxylic acid groups (broad SMARTS) is 1. The summed E-state index contributed by atoms with van der Waals surface area (Å²) in [5, 5.41) is 9.13. The second kappa shape index (κ2) is 11.7. The molecule has 2 amide bonds. The van der Waals surface area contributed by atoms with Crippen LogP contribution in [0.2, 0.25) is 0 Å². The van der Waals surface area contributed by atoms with Gasteiger partial charge < -0.3 is 24.0 Å². The largest absolute Gasteiger partial charge is 0.492 e. The van der Waals surface area contributed by atoms with Crippen LogP contribution < -0.4 is 9.54 Å². The maximum Gasteiger partial charge on any atom is 0.416 e. The van der Waals surface area contributed by atoms with Gasteiger partial charge in [0, 0.05) is 30.8 Å². The van der Waals surface area contributed by atoms with Crippen molar-refractivity contribution in [2.24, 2.45) is 10.9 Å². The van der Waals surface area contributed by atoms with Gasteiger partial charge in [0.05, 0.1) is 30.4 Å². The van der Waals surface area contributed by atoms with Gasteiger partial charge in [0.1, 0.15) is 5.75 Å². The number of nitrogens with zero attached hydrogens (tertiary/aromatic N) is 3. The van der Waals surface area contributed by atoms with E-state index in [-0.39, 0.29) is 35.4 Å². The molecule has 0 spiro atoms. The van der Waals surface area contributed by atoms with Crippen molar-refractivity contribution in [3.8, 4) is 5.75 Å². The van der Waals surface area contributed by atoms with Crippen molar-refractivity contribution in [2.75, 3.05) is 26.3 Å². The van der Waals surface area contributed by atoms with Crippen LogP contribution in [0.3, 0.4) is 0 Å². The fraction of sp³-hybridized carbons (Fsp3) is 0.593. The molecule has 0 bridgehead atoms. The van der Waals surface area contributed by atoms with Gasteiger partial charge in [-0.15, -0.1) is 11.3 Å². The Morgan fingerprint density at radius 1 is 1.18 bits per heavy atom. The molecule has 0 unspecified atom stereocenters. The summed E-state index contributed by atoms with van der Waals surface area (Å²) >= 11 is 1.33. The fourth-order valence-corrected chi connectivity index (χ4v) is 5.65. The van der Waals surface area contributed by atoms with Gasteiger partial charge >= 0.3 is 12.3 Å². The Bertz CT molecular complexity index is 1250. The summed E-state index contributed by atoms with van der Waals surface area (Å²) in [4.78, 5) is 31.5. The van der Waals surface area contributed by atoms with Crippen LogP contribution in [0.4, 0.5) is 18.0 Å². The summed E-state index contributed by atoms with van der Waals surface area (Å²) in [6.45, 7) is 8.17. The minimum absolute atomic E-state index is 0.0125. The molecule has 12 heteroatoms. The average Bonchev–Trinajstić information content (AvgIpc) is 3.52. The monoisotopic (exact) mass is 569 g/mol. The number of thiazole rings is 1. The highest BCUT2D eigenvalue weighted by Crippen LogP contribution is 2.33. The highest BCUT2D eigenvalue weighted by Gasteiger charge is 2.32. The minimum atomic E-state index is -4.64. The number of ether oxygens (including phenoxy) is 2. The maximum absolute atomic E-state index is 13.5. The summed E-state index contributed by atoms with van der Waals surface area (Å²) in [7, 11) is 0. The van der Waals surface area contributed by atoms with Crippen molar-refractivity contribution < 1.29 is 37.3 Å². The molecule has 0 saturated carbocycles. The lowest BCUT2D eigenvalue weighted by molar-refractivity contribution is -0.137. The first-order valence-corrected chi connectivity index (χ1v) is 13.9. The molecule has 2 fully saturated rings. The van der Waals surface area contributed by atoms with Crippen LogP contribution in [0.1, 0.15) is 67.3 Å². The molecule has 8 nitrogen and oxygen atoms in total. The van der Waals surface area contributed by atoms with E-state index >= 15 is 0 Å². The number of piperidine rings is 1. The number of aromatic nitrogens is 1. The van der Waals surface area contributed by atoms with Gasteiger partial charge in [-0.3, -0.25) is 4.79 Å². The van der Waals surface area contributed by atoms with E-state index in [0.29, 0.717) is 43.9 Å². The van der Waals surface area contributed by atoms with Crippen LogP contribution in [0, 0.1) is 5.92 Å². The molecule has 1 aromatic heterocycles. The summed E-state index contributed by atoms with van der Waals surface area (Å²) in [6, 6.07) is 2.84. The number of alkyl halides is 3. The molecule has 0 radical (unpaired) electrons. The van der Waals surface area contributed by atoms with Gasteiger partial charge in [0.2, 0.25) is 0 Å². The van der Waals surface area contributed by atoms with E-state index < -0.39 is 23.7 Å². The van der Waals surface area contributed by atoms with E-state index in [4.69, 9.17) is 14.6 Å². The van der Waals surface area contributed by atoms with E-state index in [0.717, 1.165) is 35.9 Å². The third-order valence-corrected chi connectivity index (χ3v) is 8.42. The quantitative estimate of drug-likeness (QED) is 0.492. The number of hydrogen-bond acceptors (Lipinski definition) is 5. The maximum atomic E-state index is 13.5. The summed E-state index contributed by atoms with van der Waals surface area (Å²) in [5.74, 6) is -0.779. The Balaban J connectivity index is 1.63. The van der Waals surface area contributed by atoms with Crippen molar-refractivity contribution in [3.05, 3.63) is 45.2 Å². The zero-order valence-electron chi connectivity index (χ0n) is 22.3. The average molecular weight is 570 g/mol. The highest BCUT2D eigenvalue weighted by molar-refractivity contribution is 7.09. The predicted octanol–water partition coefficient (Wildman–Crippen LogP) is 5.55. The van der Waals surface area contributed by atoms with Crippen molar-refractivity contribution in [2.45, 2.75) is 70.7 Å². The summed E-state index contributed by atoms with van der Waals surface area (Å²) in [6.07, 6.45) is -0.729. The van der Waals surface area contributed by atoms with Crippen LogP contribution in [-0.4, -0.2) is 59.0 Å². The van der Waals surface area contributed by atoms with Crippen molar-refractivity contribution in [1.82, 2.24) is 9.47 Å². The van der Waals surface area contributed by atoms with Crippen LogP contribution in [0.25, 0.3) is 0 Å². The molecule has 2 saturated heterocycles. The second-order valence-corrected chi connectivity index (χ2v) is 12.1. The van der Waals surface area contributed by atoms with E-state index in [1.807, 2.05) is 31.5 Å². The summed E-state index contributed by atoms with van der Waals surface area (Å²) < 4.78 is 54.1. The molecule has 0 aliphatic carbocycles. The number of benzene rings is 1. The van der Waals surface area contributed by atoms with Gasteiger partial charge in [-0.2, -0.15) is 18.2 Å². The first kappa shape index (κ1) is 29.1. The zero-order chi connectivity index (χ0) is 28.4. The molecular weight excluding hydrogens is 535 g/mol. The SMILES string of the molecule is CC(C)(C)c1cn(C[C@H]2CCCO2)/c(=N/C(=O)c2cc(C(F)(F)F)ccc2OCC2CCN(C(=O)O)CC2)s1. The van der Waals surface area contributed by atoms with Crippen molar-refractivity contribution in [3.63, 3.8) is 0 Å². The number of rotatable bonds is 6. The molecule has 2 aliphatic rings. The van der Waals surface area contributed by atoms with Gasteiger partial charge in [0.25, 0.3) is 5.91 Å². The minimum Gasteiger partial charge on any atom is -0.492 e. The second-order valence-electron chi connectivity index (χ2n) is 11.1. The molecule has 214 valence electrons. The smallest absolute Gasteiger partial charge is 0.416 e. The number of amides is 2. The number of likely N-dealkylation sites (tertiary alicyclic amines) is 1. The Morgan fingerprint density at radius 3 is 2.49 bits per heavy atom. The van der Waals surface area contributed by atoms with Crippen molar-refractivity contribution in [1.29, 1.82) is 0 Å².